The van der Waals surface area contributed by atoms with Crippen molar-refractivity contribution < 1.29 is 23.5 Å². The molecule has 6 nitrogen and oxygen atoms in total. The number of ether oxygens (including phenoxy) is 2. The smallest absolute Gasteiger partial charge is 0.244 e. The second-order valence-corrected chi connectivity index (χ2v) is 6.13. The fourth-order valence-corrected chi connectivity index (χ4v) is 2.76. The summed E-state index contributed by atoms with van der Waals surface area (Å²) in [6.45, 7) is 2.14. The van der Waals surface area contributed by atoms with Crippen molar-refractivity contribution in [2.45, 2.75) is 19.8 Å². The van der Waals surface area contributed by atoms with Crippen molar-refractivity contribution in [2.24, 2.45) is 0 Å². The second kappa shape index (κ2) is 10.3. The van der Waals surface area contributed by atoms with Crippen molar-refractivity contribution in [3.8, 4) is 11.5 Å². The van der Waals surface area contributed by atoms with Crippen molar-refractivity contribution in [3.05, 3.63) is 53.8 Å². The van der Waals surface area contributed by atoms with E-state index in [1.165, 1.54) is 31.3 Å². The Hall–Kier alpha value is -3.09. The van der Waals surface area contributed by atoms with Crippen molar-refractivity contribution in [1.29, 1.82) is 0 Å². The summed E-state index contributed by atoms with van der Waals surface area (Å²) in [4.78, 5) is 26.3. The normalized spacial score (nSPS) is 10.3. The number of hydrogen-bond acceptors (Lipinski definition) is 4. The summed E-state index contributed by atoms with van der Waals surface area (Å²) >= 11 is 0. The van der Waals surface area contributed by atoms with Gasteiger partial charge in [-0.2, -0.15) is 0 Å². The summed E-state index contributed by atoms with van der Waals surface area (Å²) in [7, 11) is 2.92. The van der Waals surface area contributed by atoms with Gasteiger partial charge in [-0.1, -0.05) is 18.2 Å². The molecule has 0 saturated carbocycles. The molecule has 2 rings (SSSR count). The maximum absolute atomic E-state index is 13.8. The van der Waals surface area contributed by atoms with E-state index in [2.05, 4.69) is 5.32 Å². The van der Waals surface area contributed by atoms with Crippen LogP contribution in [0.5, 0.6) is 11.5 Å². The SMILES string of the molecule is CCN(CC(=O)Nc1ccccc1OC)C(=O)CCc1ccc(OC)c(F)c1. The maximum Gasteiger partial charge on any atom is 0.244 e. The highest BCUT2D eigenvalue weighted by molar-refractivity contribution is 5.95. The Bertz CT molecular complexity index is 826. The molecule has 0 bridgehead atoms. The minimum Gasteiger partial charge on any atom is -0.495 e. The van der Waals surface area contributed by atoms with Crippen molar-refractivity contribution in [2.75, 3.05) is 32.6 Å². The van der Waals surface area contributed by atoms with Crippen molar-refractivity contribution in [3.63, 3.8) is 0 Å². The zero-order valence-electron chi connectivity index (χ0n) is 16.3. The first kappa shape index (κ1) is 21.2. The van der Waals surface area contributed by atoms with Gasteiger partial charge < -0.3 is 19.7 Å². The van der Waals surface area contributed by atoms with Gasteiger partial charge in [0.15, 0.2) is 11.6 Å². The van der Waals surface area contributed by atoms with Crippen LogP contribution < -0.4 is 14.8 Å². The molecule has 0 atom stereocenters. The lowest BCUT2D eigenvalue weighted by Gasteiger charge is -2.21. The van der Waals surface area contributed by atoms with Crippen LogP contribution in [-0.4, -0.2) is 44.0 Å². The van der Waals surface area contributed by atoms with Gasteiger partial charge in [0.05, 0.1) is 26.5 Å². The minimum absolute atomic E-state index is 0.0651. The topological polar surface area (TPSA) is 67.9 Å². The predicted octanol–water partition coefficient (Wildman–Crippen LogP) is 3.26. The molecule has 0 spiro atoms. The quantitative estimate of drug-likeness (QED) is 0.716. The van der Waals surface area contributed by atoms with E-state index in [0.717, 1.165) is 0 Å². The van der Waals surface area contributed by atoms with Crippen LogP contribution in [0.4, 0.5) is 10.1 Å². The van der Waals surface area contributed by atoms with E-state index < -0.39 is 5.82 Å². The van der Waals surface area contributed by atoms with Crippen LogP contribution in [-0.2, 0) is 16.0 Å². The van der Waals surface area contributed by atoms with E-state index in [0.29, 0.717) is 30.0 Å². The van der Waals surface area contributed by atoms with Gasteiger partial charge in [0.2, 0.25) is 11.8 Å². The number of carbonyl (C=O) groups excluding carboxylic acids is 2. The minimum atomic E-state index is -0.462. The third kappa shape index (κ3) is 5.70. The van der Waals surface area contributed by atoms with Gasteiger partial charge >= 0.3 is 0 Å². The summed E-state index contributed by atoms with van der Waals surface area (Å²) < 4.78 is 23.8. The van der Waals surface area contributed by atoms with E-state index in [4.69, 9.17) is 9.47 Å². The van der Waals surface area contributed by atoms with Crippen LogP contribution >= 0.6 is 0 Å². The molecule has 2 amide bonds. The molecule has 0 heterocycles. The van der Waals surface area contributed by atoms with Crippen LogP contribution in [0.3, 0.4) is 0 Å². The highest BCUT2D eigenvalue weighted by atomic mass is 19.1. The number of benzene rings is 2. The van der Waals surface area contributed by atoms with Gasteiger partial charge in [0, 0.05) is 13.0 Å². The maximum atomic E-state index is 13.8. The fourth-order valence-electron chi connectivity index (χ4n) is 2.76. The number of carbonyl (C=O) groups is 2. The molecular weight excluding hydrogens is 363 g/mol. The average molecular weight is 388 g/mol. The van der Waals surface area contributed by atoms with Gasteiger partial charge in [0.1, 0.15) is 5.75 Å². The number of likely N-dealkylation sites (N-methyl/N-ethyl adjacent to an activating group) is 1. The number of para-hydroxylation sites is 2. The van der Waals surface area contributed by atoms with Crippen molar-refractivity contribution >= 4 is 17.5 Å². The third-order valence-corrected chi connectivity index (χ3v) is 4.29. The number of methoxy groups -OCH3 is 2. The zero-order valence-corrected chi connectivity index (χ0v) is 16.3. The number of rotatable bonds is 9. The molecule has 0 aliphatic carbocycles. The molecule has 0 radical (unpaired) electrons. The molecule has 0 aliphatic rings. The van der Waals surface area contributed by atoms with Gasteiger partial charge in [-0.3, -0.25) is 9.59 Å². The van der Waals surface area contributed by atoms with Crippen LogP contribution in [0.1, 0.15) is 18.9 Å². The Kier molecular flexibility index (Phi) is 7.80. The first-order valence-corrected chi connectivity index (χ1v) is 9.01. The highest BCUT2D eigenvalue weighted by Gasteiger charge is 2.17. The number of hydrogen-bond donors (Lipinski definition) is 1. The molecule has 150 valence electrons. The Morgan fingerprint density at radius 1 is 1.07 bits per heavy atom. The number of halogens is 1. The first-order valence-electron chi connectivity index (χ1n) is 9.01. The summed E-state index contributed by atoms with van der Waals surface area (Å²) in [6, 6.07) is 11.7. The molecule has 0 unspecified atom stereocenters. The molecule has 0 saturated heterocycles. The van der Waals surface area contributed by atoms with E-state index >= 15 is 0 Å². The Labute approximate surface area is 164 Å². The molecule has 2 aromatic carbocycles. The lowest BCUT2D eigenvalue weighted by atomic mass is 10.1. The number of nitrogens with zero attached hydrogens (tertiary/aromatic N) is 1. The average Bonchev–Trinajstić information content (AvgIpc) is 2.70. The third-order valence-electron chi connectivity index (χ3n) is 4.29. The molecule has 28 heavy (non-hydrogen) atoms. The summed E-state index contributed by atoms with van der Waals surface area (Å²) in [6.07, 6.45) is 0.561. The zero-order chi connectivity index (χ0) is 20.5. The number of anilines is 1. The van der Waals surface area contributed by atoms with E-state index in [-0.39, 0.29) is 30.5 Å². The molecular formula is C21H25FN2O4. The van der Waals surface area contributed by atoms with Gasteiger partial charge in [-0.15, -0.1) is 0 Å². The first-order chi connectivity index (χ1) is 13.5. The fraction of sp³-hybridized carbons (Fsp3) is 0.333. The Balaban J connectivity index is 1.92. The molecule has 0 aromatic heterocycles. The number of aryl methyl sites for hydroxylation is 1. The highest BCUT2D eigenvalue weighted by Crippen LogP contribution is 2.23. The number of amides is 2. The predicted molar refractivity (Wildman–Crippen MR) is 105 cm³/mol. The van der Waals surface area contributed by atoms with E-state index in [1.54, 1.807) is 37.3 Å². The largest absolute Gasteiger partial charge is 0.495 e. The van der Waals surface area contributed by atoms with Crippen LogP contribution in [0, 0.1) is 5.82 Å². The van der Waals surface area contributed by atoms with Gasteiger partial charge in [-0.25, -0.2) is 4.39 Å². The van der Waals surface area contributed by atoms with Crippen molar-refractivity contribution in [1.82, 2.24) is 4.90 Å². The summed E-state index contributed by atoms with van der Waals surface area (Å²) in [5, 5.41) is 2.75. The second-order valence-electron chi connectivity index (χ2n) is 6.13. The molecule has 0 fully saturated rings. The van der Waals surface area contributed by atoms with Crippen LogP contribution in [0.2, 0.25) is 0 Å². The standard InChI is InChI=1S/C21H25FN2O4/c1-4-24(14-20(25)23-17-7-5-6-8-19(17)28-3)21(26)12-10-15-9-11-18(27-2)16(22)13-15/h5-9,11,13H,4,10,12,14H2,1-3H3,(H,23,25). The Morgan fingerprint density at radius 3 is 2.43 bits per heavy atom. The monoisotopic (exact) mass is 388 g/mol. The van der Waals surface area contributed by atoms with Crippen LogP contribution in [0.25, 0.3) is 0 Å². The lowest BCUT2D eigenvalue weighted by Crippen LogP contribution is -2.38. The van der Waals surface area contributed by atoms with E-state index in [9.17, 15) is 14.0 Å². The van der Waals surface area contributed by atoms with E-state index in [1.807, 2.05) is 0 Å². The summed E-state index contributed by atoms with van der Waals surface area (Å²) in [5.74, 6) is -0.231. The van der Waals surface area contributed by atoms with Crippen LogP contribution in [0.15, 0.2) is 42.5 Å². The summed E-state index contributed by atoms with van der Waals surface area (Å²) in [5.41, 5.74) is 1.24. The lowest BCUT2D eigenvalue weighted by molar-refractivity contribution is -0.134. The molecule has 7 heteroatoms. The van der Waals surface area contributed by atoms with Gasteiger partial charge in [0.25, 0.3) is 0 Å². The molecule has 2 aromatic rings. The molecule has 1 N–H and O–H groups in total. The van der Waals surface area contributed by atoms with Gasteiger partial charge in [-0.05, 0) is 43.2 Å². The molecule has 0 aliphatic heterocycles. The number of nitrogens with one attached hydrogen (secondary N) is 1. The Morgan fingerprint density at radius 2 is 1.79 bits per heavy atom.